The molecule has 3 aliphatic rings. The number of hydrogen-bond donors (Lipinski definition) is 1. The second-order valence-electron chi connectivity index (χ2n) is 12.8. The highest BCUT2D eigenvalue weighted by molar-refractivity contribution is 7.23. The topological polar surface area (TPSA) is 62.2 Å². The maximum atomic E-state index is 14.2. The number of ether oxygens (including phenoxy) is 2. The molecule has 0 radical (unpaired) electrons. The Morgan fingerprint density at radius 1 is 0.800 bits per heavy atom. The first-order chi connectivity index (χ1) is 22.1. The molecule has 1 saturated carbocycles. The molecule has 7 rings (SSSR count). The van der Waals surface area contributed by atoms with Gasteiger partial charge >= 0.3 is 0 Å². The molecule has 4 aromatic rings. The van der Waals surface area contributed by atoms with Gasteiger partial charge in [-0.05, 0) is 131 Å². The van der Waals surface area contributed by atoms with Gasteiger partial charge in [0.15, 0.2) is 5.78 Å². The molecule has 1 aromatic heterocycles. The Morgan fingerprint density at radius 3 is 2.29 bits per heavy atom. The van der Waals surface area contributed by atoms with Crippen LogP contribution < -0.4 is 9.47 Å². The van der Waals surface area contributed by atoms with Crippen molar-refractivity contribution in [3.8, 4) is 27.7 Å². The molecule has 0 spiro atoms. The summed E-state index contributed by atoms with van der Waals surface area (Å²) in [5.74, 6) is 1.79. The largest absolute Gasteiger partial charge is 0.506 e. The molecule has 2 aliphatic heterocycles. The third-order valence-electron chi connectivity index (χ3n) is 9.84. The zero-order valence-electron chi connectivity index (χ0n) is 26.1. The number of phenolic OH excluding ortho intramolecular Hbond substituents is 1. The average Bonchev–Trinajstić information content (AvgIpc) is 3.75. The van der Waals surface area contributed by atoms with Crippen LogP contribution in [0.3, 0.4) is 0 Å². The lowest BCUT2D eigenvalue weighted by Gasteiger charge is -2.41. The van der Waals surface area contributed by atoms with Crippen molar-refractivity contribution < 1.29 is 19.4 Å². The molecule has 6 nitrogen and oxygen atoms in total. The van der Waals surface area contributed by atoms with Crippen molar-refractivity contribution in [3.05, 3.63) is 77.9 Å². The molecular formula is C38H44N2O4S. The van der Waals surface area contributed by atoms with Crippen LogP contribution >= 0.6 is 11.3 Å². The Bertz CT molecular complexity index is 1590. The van der Waals surface area contributed by atoms with E-state index < -0.39 is 0 Å². The minimum Gasteiger partial charge on any atom is -0.506 e. The molecule has 1 N–H and O–H groups in total. The second-order valence-corrected chi connectivity index (χ2v) is 13.9. The number of hydrogen-bond acceptors (Lipinski definition) is 7. The van der Waals surface area contributed by atoms with Crippen LogP contribution in [0, 0.1) is 0 Å². The van der Waals surface area contributed by atoms with E-state index in [-0.39, 0.29) is 17.6 Å². The molecule has 7 heteroatoms. The van der Waals surface area contributed by atoms with E-state index in [9.17, 15) is 9.90 Å². The zero-order chi connectivity index (χ0) is 30.6. The van der Waals surface area contributed by atoms with E-state index in [0.717, 1.165) is 58.1 Å². The van der Waals surface area contributed by atoms with Gasteiger partial charge in [0.05, 0.1) is 4.70 Å². The highest BCUT2D eigenvalue weighted by Crippen LogP contribution is 2.43. The van der Waals surface area contributed by atoms with Gasteiger partial charge in [-0.2, -0.15) is 0 Å². The van der Waals surface area contributed by atoms with Gasteiger partial charge in [0.2, 0.25) is 0 Å². The Kier molecular flexibility index (Phi) is 9.38. The normalized spacial score (nSPS) is 21.2. The number of piperidine rings is 1. The third kappa shape index (κ3) is 6.76. The maximum absolute atomic E-state index is 14.2. The van der Waals surface area contributed by atoms with E-state index in [2.05, 4.69) is 9.80 Å². The van der Waals surface area contributed by atoms with Crippen molar-refractivity contribution >= 4 is 27.2 Å². The van der Waals surface area contributed by atoms with Gasteiger partial charge in [-0.15, -0.1) is 11.3 Å². The summed E-state index contributed by atoms with van der Waals surface area (Å²) in [6, 6.07) is 21.6. The standard InChI is InChI=1S/C38H44N2O4S/c41-33-11-8-9-31-35(37(45-38(31)33)28-15-17-29(18-16-28)43-26-25-39-21-6-7-22-39)36(42)27-13-19-30(20-14-27)44-34-12-3-2-10-32(34)40-23-4-1-5-24-40/h8-9,11,13-20,32,34,41H,1-7,10,12,21-26H2. The second kappa shape index (κ2) is 13.9. The van der Waals surface area contributed by atoms with E-state index in [0.29, 0.717) is 23.8 Å². The van der Waals surface area contributed by atoms with Gasteiger partial charge in [0.1, 0.15) is 30.0 Å². The number of nitrogens with zero attached hydrogens (tertiary/aromatic N) is 2. The van der Waals surface area contributed by atoms with Crippen LogP contribution in [0.5, 0.6) is 17.2 Å². The first-order valence-corrected chi connectivity index (χ1v) is 17.7. The first kappa shape index (κ1) is 30.3. The summed E-state index contributed by atoms with van der Waals surface area (Å²) in [4.78, 5) is 20.1. The summed E-state index contributed by atoms with van der Waals surface area (Å²) in [5.41, 5.74) is 2.18. The quantitative estimate of drug-likeness (QED) is 0.180. The van der Waals surface area contributed by atoms with E-state index in [4.69, 9.17) is 9.47 Å². The maximum Gasteiger partial charge on any atom is 0.195 e. The zero-order valence-corrected chi connectivity index (χ0v) is 26.9. The summed E-state index contributed by atoms with van der Waals surface area (Å²) < 4.78 is 13.4. The molecule has 236 valence electrons. The molecule has 1 aliphatic carbocycles. The van der Waals surface area contributed by atoms with Gasteiger partial charge in [0, 0.05) is 34.0 Å². The SMILES string of the molecule is O=C(c1ccc(OC2CCCCC2N2CCCCC2)cc1)c1c(-c2ccc(OCCN3CCCC3)cc2)sc2c(O)cccc12. The molecule has 2 saturated heterocycles. The molecule has 2 unspecified atom stereocenters. The van der Waals surface area contributed by atoms with Gasteiger partial charge in [-0.3, -0.25) is 14.6 Å². The molecule has 45 heavy (non-hydrogen) atoms. The number of carbonyl (C=O) groups is 1. The summed E-state index contributed by atoms with van der Waals surface area (Å²) in [7, 11) is 0. The van der Waals surface area contributed by atoms with Crippen molar-refractivity contribution in [2.24, 2.45) is 0 Å². The molecular weight excluding hydrogens is 580 g/mol. The summed E-state index contributed by atoms with van der Waals surface area (Å²) in [6.45, 7) is 6.29. The average molecular weight is 625 g/mol. The molecule has 0 amide bonds. The summed E-state index contributed by atoms with van der Waals surface area (Å²) in [5, 5.41) is 11.5. The van der Waals surface area contributed by atoms with Crippen LogP contribution in [-0.4, -0.2) is 72.2 Å². The number of thiophene rings is 1. The van der Waals surface area contributed by atoms with Crippen molar-refractivity contribution in [2.75, 3.05) is 39.3 Å². The fourth-order valence-electron chi connectivity index (χ4n) is 7.42. The third-order valence-corrected chi connectivity index (χ3v) is 11.1. The Hall–Kier alpha value is -3.39. The van der Waals surface area contributed by atoms with Crippen molar-refractivity contribution in [2.45, 2.75) is 69.9 Å². The van der Waals surface area contributed by atoms with Crippen LogP contribution in [-0.2, 0) is 0 Å². The lowest BCUT2D eigenvalue weighted by atomic mass is 9.90. The van der Waals surface area contributed by atoms with Crippen molar-refractivity contribution in [3.63, 3.8) is 0 Å². The highest BCUT2D eigenvalue weighted by atomic mass is 32.1. The van der Waals surface area contributed by atoms with Crippen LogP contribution in [0.4, 0.5) is 0 Å². The van der Waals surface area contributed by atoms with E-state index >= 15 is 0 Å². The van der Waals surface area contributed by atoms with Crippen molar-refractivity contribution in [1.82, 2.24) is 9.80 Å². The number of ketones is 1. The van der Waals surface area contributed by atoms with Gasteiger partial charge in [0.25, 0.3) is 0 Å². The Balaban J connectivity index is 1.10. The minimum atomic E-state index is -0.0526. The van der Waals surface area contributed by atoms with Crippen LogP contribution in [0.15, 0.2) is 66.7 Å². The predicted molar refractivity (Wildman–Crippen MR) is 182 cm³/mol. The fraction of sp³-hybridized carbons (Fsp3) is 0.447. The number of phenols is 1. The fourth-order valence-corrected chi connectivity index (χ4v) is 8.64. The first-order valence-electron chi connectivity index (χ1n) is 16.9. The van der Waals surface area contributed by atoms with Gasteiger partial charge in [-0.1, -0.05) is 25.0 Å². The lowest BCUT2D eigenvalue weighted by Crippen LogP contribution is -2.49. The number of aromatic hydroxyl groups is 1. The van der Waals surface area contributed by atoms with E-state index in [1.807, 2.05) is 60.7 Å². The summed E-state index contributed by atoms with van der Waals surface area (Å²) >= 11 is 1.46. The lowest BCUT2D eigenvalue weighted by molar-refractivity contribution is 0.0261. The van der Waals surface area contributed by atoms with Crippen LogP contribution in [0.2, 0.25) is 0 Å². The predicted octanol–water partition coefficient (Wildman–Crippen LogP) is 8.16. The van der Waals surface area contributed by atoms with Crippen molar-refractivity contribution in [1.29, 1.82) is 0 Å². The van der Waals surface area contributed by atoms with Crippen LogP contribution in [0.1, 0.15) is 73.7 Å². The van der Waals surface area contributed by atoms with Crippen LogP contribution in [0.25, 0.3) is 20.5 Å². The molecule has 0 bridgehead atoms. The molecule has 3 aromatic carbocycles. The smallest absolute Gasteiger partial charge is 0.195 e. The Labute approximate surface area is 270 Å². The number of rotatable bonds is 10. The summed E-state index contributed by atoms with van der Waals surface area (Å²) in [6.07, 6.45) is 11.4. The van der Waals surface area contributed by atoms with E-state index in [1.54, 1.807) is 6.07 Å². The number of benzene rings is 3. The minimum absolute atomic E-state index is 0.0526. The molecule has 3 heterocycles. The number of carbonyl (C=O) groups excluding carboxylic acids is 1. The number of fused-ring (bicyclic) bond motifs is 1. The van der Waals surface area contributed by atoms with Gasteiger partial charge in [-0.25, -0.2) is 0 Å². The monoisotopic (exact) mass is 624 g/mol. The van der Waals surface area contributed by atoms with Gasteiger partial charge < -0.3 is 14.6 Å². The van der Waals surface area contributed by atoms with E-state index in [1.165, 1.54) is 75.8 Å². The highest BCUT2D eigenvalue weighted by Gasteiger charge is 2.32. The Morgan fingerprint density at radius 2 is 1.51 bits per heavy atom. The molecule has 2 atom stereocenters. The number of likely N-dealkylation sites (tertiary alicyclic amines) is 2. The molecule has 3 fully saturated rings.